The molecule has 0 fully saturated rings. The molecular formula is C12H17BrN2O2S2. The van der Waals surface area contributed by atoms with Gasteiger partial charge in [-0.25, -0.2) is 13.1 Å². The first kappa shape index (κ1) is 16.6. The molecule has 3 N–H and O–H groups in total. The van der Waals surface area contributed by atoms with Gasteiger partial charge in [-0.3, -0.25) is 0 Å². The Morgan fingerprint density at radius 1 is 1.42 bits per heavy atom. The average molecular weight is 365 g/mol. The van der Waals surface area contributed by atoms with Crippen molar-refractivity contribution in [2.75, 3.05) is 0 Å². The van der Waals surface area contributed by atoms with E-state index in [0.717, 1.165) is 10.0 Å². The van der Waals surface area contributed by atoms with Gasteiger partial charge >= 0.3 is 0 Å². The molecular weight excluding hydrogens is 348 g/mol. The van der Waals surface area contributed by atoms with Crippen LogP contribution in [0.4, 0.5) is 0 Å². The molecule has 106 valence electrons. The topological polar surface area (TPSA) is 72.2 Å². The number of hydrogen-bond donors (Lipinski definition) is 2. The standard InChI is InChI=1S/C12H17BrN2O2S2/c1-3-11(12(14)18)19(16,17)15-8(2)9-4-6-10(13)7-5-9/h4-8,11,15H,3H2,1-2H3,(H2,14,18). The third-order valence-corrected chi connectivity index (χ3v) is 5.75. The third kappa shape index (κ3) is 4.52. The Kier molecular flexibility index (Phi) is 5.91. The Morgan fingerprint density at radius 3 is 2.37 bits per heavy atom. The van der Waals surface area contributed by atoms with Crippen LogP contribution in [0.15, 0.2) is 28.7 Å². The monoisotopic (exact) mass is 364 g/mol. The molecule has 0 spiro atoms. The molecule has 2 atom stereocenters. The maximum absolute atomic E-state index is 12.2. The van der Waals surface area contributed by atoms with E-state index in [2.05, 4.69) is 20.7 Å². The van der Waals surface area contributed by atoms with Crippen LogP contribution in [0.25, 0.3) is 0 Å². The van der Waals surface area contributed by atoms with Crippen LogP contribution < -0.4 is 10.5 Å². The molecule has 0 saturated carbocycles. The summed E-state index contributed by atoms with van der Waals surface area (Å²) in [6.45, 7) is 3.53. The van der Waals surface area contributed by atoms with Crippen molar-refractivity contribution in [2.24, 2.45) is 5.73 Å². The van der Waals surface area contributed by atoms with Gasteiger partial charge in [-0.2, -0.15) is 0 Å². The lowest BCUT2D eigenvalue weighted by Crippen LogP contribution is -2.42. The van der Waals surface area contributed by atoms with Crippen molar-refractivity contribution >= 4 is 43.2 Å². The molecule has 0 aliphatic rings. The fourth-order valence-electron chi connectivity index (χ4n) is 1.72. The van der Waals surface area contributed by atoms with Gasteiger partial charge in [0.15, 0.2) is 0 Å². The molecule has 0 heterocycles. The Labute approximate surface area is 127 Å². The summed E-state index contributed by atoms with van der Waals surface area (Å²) in [5, 5.41) is -0.833. The molecule has 1 aromatic carbocycles. The molecule has 7 heteroatoms. The van der Waals surface area contributed by atoms with Crippen LogP contribution in [-0.2, 0) is 10.0 Å². The SMILES string of the molecule is CCC(C(N)=S)S(=O)(=O)NC(C)c1ccc(Br)cc1. The molecule has 19 heavy (non-hydrogen) atoms. The number of hydrogen-bond acceptors (Lipinski definition) is 3. The zero-order chi connectivity index (χ0) is 14.6. The van der Waals surface area contributed by atoms with Crippen LogP contribution in [-0.4, -0.2) is 18.7 Å². The van der Waals surface area contributed by atoms with Crippen LogP contribution >= 0.6 is 28.1 Å². The van der Waals surface area contributed by atoms with Crippen LogP contribution in [0.2, 0.25) is 0 Å². The molecule has 0 saturated heterocycles. The third-order valence-electron chi connectivity index (χ3n) is 2.77. The van der Waals surface area contributed by atoms with Crippen molar-refractivity contribution in [3.05, 3.63) is 34.3 Å². The van der Waals surface area contributed by atoms with Gasteiger partial charge in [0.2, 0.25) is 10.0 Å². The smallest absolute Gasteiger partial charge is 0.221 e. The number of nitrogens with one attached hydrogen (secondary N) is 1. The predicted octanol–water partition coefficient (Wildman–Crippen LogP) is 2.49. The van der Waals surface area contributed by atoms with E-state index in [1.165, 1.54) is 0 Å². The highest BCUT2D eigenvalue weighted by Crippen LogP contribution is 2.18. The van der Waals surface area contributed by atoms with E-state index in [-0.39, 0.29) is 11.0 Å². The van der Waals surface area contributed by atoms with Crippen molar-refractivity contribution in [2.45, 2.75) is 31.6 Å². The Morgan fingerprint density at radius 2 is 1.95 bits per heavy atom. The number of halogens is 1. The largest absolute Gasteiger partial charge is 0.392 e. The van der Waals surface area contributed by atoms with Crippen LogP contribution in [0.3, 0.4) is 0 Å². The minimum Gasteiger partial charge on any atom is -0.392 e. The van der Waals surface area contributed by atoms with Crippen LogP contribution in [0.5, 0.6) is 0 Å². The predicted molar refractivity (Wildman–Crippen MR) is 85.5 cm³/mol. The lowest BCUT2D eigenvalue weighted by molar-refractivity contribution is 0.560. The Balaban J connectivity index is 2.89. The molecule has 0 amide bonds. The van der Waals surface area contributed by atoms with E-state index < -0.39 is 15.3 Å². The molecule has 2 unspecified atom stereocenters. The summed E-state index contributed by atoms with van der Waals surface area (Å²) >= 11 is 8.14. The van der Waals surface area contributed by atoms with Crippen LogP contribution in [0, 0.1) is 0 Å². The summed E-state index contributed by atoms with van der Waals surface area (Å²) in [4.78, 5) is -0.00185. The lowest BCUT2D eigenvalue weighted by Gasteiger charge is -2.19. The van der Waals surface area contributed by atoms with Crippen molar-refractivity contribution in [1.29, 1.82) is 0 Å². The minimum atomic E-state index is -3.56. The number of rotatable bonds is 6. The Hall–Kier alpha value is -0.500. The van der Waals surface area contributed by atoms with Crippen molar-refractivity contribution < 1.29 is 8.42 Å². The van der Waals surface area contributed by atoms with Gasteiger partial charge in [0.05, 0.1) is 4.99 Å². The minimum absolute atomic E-state index is 0.00185. The lowest BCUT2D eigenvalue weighted by atomic mass is 10.1. The molecule has 0 aromatic heterocycles. The maximum atomic E-state index is 12.2. The van der Waals surface area contributed by atoms with E-state index in [9.17, 15) is 8.42 Å². The molecule has 0 aliphatic carbocycles. The fourth-order valence-corrected chi connectivity index (χ4v) is 4.07. The zero-order valence-corrected chi connectivity index (χ0v) is 14.0. The van der Waals surface area contributed by atoms with Gasteiger partial charge in [0.25, 0.3) is 0 Å². The summed E-state index contributed by atoms with van der Waals surface area (Å²) in [5.74, 6) is 0. The van der Waals surface area contributed by atoms with Gasteiger partial charge in [-0.15, -0.1) is 0 Å². The van der Waals surface area contributed by atoms with Gasteiger partial charge in [0.1, 0.15) is 5.25 Å². The van der Waals surface area contributed by atoms with Crippen molar-refractivity contribution in [3.63, 3.8) is 0 Å². The van der Waals surface area contributed by atoms with Gasteiger partial charge in [-0.1, -0.05) is 47.2 Å². The number of nitrogens with two attached hydrogens (primary N) is 1. The number of sulfonamides is 1. The van der Waals surface area contributed by atoms with Crippen molar-refractivity contribution in [3.8, 4) is 0 Å². The highest BCUT2D eigenvalue weighted by atomic mass is 79.9. The summed E-state index contributed by atoms with van der Waals surface area (Å²) in [7, 11) is -3.56. The molecule has 0 radical (unpaired) electrons. The van der Waals surface area contributed by atoms with Gasteiger partial charge in [-0.05, 0) is 31.0 Å². The fraction of sp³-hybridized carbons (Fsp3) is 0.417. The first-order valence-corrected chi connectivity index (χ1v) is 8.58. The molecule has 1 rings (SSSR count). The first-order chi connectivity index (χ1) is 8.77. The van der Waals surface area contributed by atoms with Crippen molar-refractivity contribution in [1.82, 2.24) is 4.72 Å². The summed E-state index contributed by atoms with van der Waals surface area (Å²) in [6, 6.07) is 7.12. The average Bonchev–Trinajstić information content (AvgIpc) is 2.28. The van der Waals surface area contributed by atoms with E-state index in [1.54, 1.807) is 13.8 Å². The summed E-state index contributed by atoms with van der Waals surface area (Å²) < 4.78 is 27.9. The molecule has 0 aliphatic heterocycles. The number of thiocarbonyl (C=S) groups is 1. The highest BCUT2D eigenvalue weighted by molar-refractivity contribution is 9.10. The first-order valence-electron chi connectivity index (χ1n) is 5.84. The second-order valence-electron chi connectivity index (χ2n) is 4.24. The highest BCUT2D eigenvalue weighted by Gasteiger charge is 2.28. The van der Waals surface area contributed by atoms with Crippen LogP contribution in [0.1, 0.15) is 31.9 Å². The second-order valence-corrected chi connectivity index (χ2v) is 7.52. The quantitative estimate of drug-likeness (QED) is 0.760. The molecule has 4 nitrogen and oxygen atoms in total. The van der Waals surface area contributed by atoms with E-state index >= 15 is 0 Å². The summed E-state index contributed by atoms with van der Waals surface area (Å²) in [5.41, 5.74) is 6.35. The van der Waals surface area contributed by atoms with E-state index in [1.807, 2.05) is 24.3 Å². The molecule has 1 aromatic rings. The summed E-state index contributed by atoms with van der Waals surface area (Å²) in [6.07, 6.45) is 0.359. The van der Waals surface area contributed by atoms with Gasteiger partial charge in [0, 0.05) is 10.5 Å². The number of benzene rings is 1. The maximum Gasteiger partial charge on any atom is 0.221 e. The zero-order valence-electron chi connectivity index (χ0n) is 10.8. The normalized spacial score (nSPS) is 14.9. The van der Waals surface area contributed by atoms with E-state index in [0.29, 0.717) is 6.42 Å². The van der Waals surface area contributed by atoms with E-state index in [4.69, 9.17) is 18.0 Å². The molecule has 0 bridgehead atoms. The second kappa shape index (κ2) is 6.78. The van der Waals surface area contributed by atoms with Gasteiger partial charge < -0.3 is 5.73 Å². The Bertz CT molecular complexity index is 543.